The summed E-state index contributed by atoms with van der Waals surface area (Å²) in [5, 5.41) is 7.08. The lowest BCUT2D eigenvalue weighted by Gasteiger charge is -2.40. The van der Waals surface area contributed by atoms with Gasteiger partial charge in [-0.1, -0.05) is 0 Å². The van der Waals surface area contributed by atoms with Crippen LogP contribution in [0.3, 0.4) is 0 Å². The molecule has 0 aromatic rings. The van der Waals surface area contributed by atoms with Crippen LogP contribution in [-0.4, -0.2) is 85.9 Å². The third-order valence-electron chi connectivity index (χ3n) is 5.44. The summed E-state index contributed by atoms with van der Waals surface area (Å²) in [7, 11) is 0. The minimum Gasteiger partial charge on any atom is -0.379 e. The number of rotatable bonds is 6. The van der Waals surface area contributed by atoms with Crippen LogP contribution in [0.1, 0.15) is 47.5 Å². The summed E-state index contributed by atoms with van der Waals surface area (Å²) in [6, 6.07) is 1.18. The minimum absolute atomic E-state index is 0. The van der Waals surface area contributed by atoms with E-state index < -0.39 is 0 Å². The van der Waals surface area contributed by atoms with Crippen molar-refractivity contribution in [3.05, 3.63) is 0 Å². The van der Waals surface area contributed by atoms with Crippen molar-refractivity contribution in [2.24, 2.45) is 4.99 Å². The van der Waals surface area contributed by atoms with E-state index in [1.54, 1.807) is 0 Å². The molecule has 0 aromatic carbocycles. The van der Waals surface area contributed by atoms with Crippen LogP contribution in [0.4, 0.5) is 0 Å². The Morgan fingerprint density at radius 1 is 1.15 bits per heavy atom. The molecule has 0 radical (unpaired) electrons. The second kappa shape index (κ2) is 11.7. The lowest BCUT2D eigenvalue weighted by atomic mass is 10.0. The molecule has 2 saturated heterocycles. The first kappa shape index (κ1) is 23.9. The molecule has 0 amide bonds. The Hall–Kier alpha value is -0.120. The van der Waals surface area contributed by atoms with E-state index >= 15 is 0 Å². The summed E-state index contributed by atoms with van der Waals surface area (Å²) in [6.07, 6.45) is 2.38. The van der Waals surface area contributed by atoms with E-state index in [0.29, 0.717) is 12.1 Å². The SMILES string of the molecule is CCNC(=NCC(C)(C)N1CCOCC1)NC1CCN(C(C)C)CC1.I. The fourth-order valence-corrected chi connectivity index (χ4v) is 3.61. The Kier molecular flexibility index (Phi) is 10.7. The molecule has 0 atom stereocenters. The predicted molar refractivity (Wildman–Crippen MR) is 121 cm³/mol. The van der Waals surface area contributed by atoms with Gasteiger partial charge in [-0.3, -0.25) is 9.89 Å². The highest BCUT2D eigenvalue weighted by molar-refractivity contribution is 14.0. The first-order valence-electron chi connectivity index (χ1n) is 10.0. The molecule has 2 aliphatic heterocycles. The van der Waals surface area contributed by atoms with E-state index in [4.69, 9.17) is 9.73 Å². The molecule has 6 nitrogen and oxygen atoms in total. The normalized spacial score (nSPS) is 21.5. The minimum atomic E-state index is 0. The fraction of sp³-hybridized carbons (Fsp3) is 0.947. The maximum absolute atomic E-state index is 5.48. The van der Waals surface area contributed by atoms with Crippen molar-refractivity contribution in [2.45, 2.75) is 65.1 Å². The predicted octanol–water partition coefficient (Wildman–Crippen LogP) is 2.14. The first-order valence-corrected chi connectivity index (χ1v) is 10.0. The summed E-state index contributed by atoms with van der Waals surface area (Å²) in [6.45, 7) is 19.0. The standard InChI is InChI=1S/C19H39N5O.HI/c1-6-20-18(22-17-7-9-23(10-8-17)16(2)3)21-15-19(4,5)24-11-13-25-14-12-24;/h16-17H,6-15H2,1-5H3,(H2,20,21,22);1H. The molecule has 2 heterocycles. The van der Waals surface area contributed by atoms with E-state index in [9.17, 15) is 0 Å². The molecule has 2 aliphatic rings. The largest absolute Gasteiger partial charge is 0.379 e. The average molecular weight is 481 g/mol. The van der Waals surface area contributed by atoms with Crippen LogP contribution in [-0.2, 0) is 4.74 Å². The number of likely N-dealkylation sites (tertiary alicyclic amines) is 1. The summed E-state index contributed by atoms with van der Waals surface area (Å²) in [4.78, 5) is 9.96. The van der Waals surface area contributed by atoms with Crippen LogP contribution in [0, 0.1) is 0 Å². The van der Waals surface area contributed by atoms with Gasteiger partial charge in [0.1, 0.15) is 0 Å². The maximum atomic E-state index is 5.48. The highest BCUT2D eigenvalue weighted by atomic mass is 127. The van der Waals surface area contributed by atoms with Gasteiger partial charge in [-0.25, -0.2) is 0 Å². The van der Waals surface area contributed by atoms with Crippen molar-refractivity contribution in [3.63, 3.8) is 0 Å². The van der Waals surface area contributed by atoms with E-state index in [-0.39, 0.29) is 29.5 Å². The zero-order valence-corrected chi connectivity index (χ0v) is 19.7. The number of guanidine groups is 1. The smallest absolute Gasteiger partial charge is 0.191 e. The monoisotopic (exact) mass is 481 g/mol. The summed E-state index contributed by atoms with van der Waals surface area (Å²) < 4.78 is 5.48. The number of piperidine rings is 1. The molecular weight excluding hydrogens is 441 g/mol. The van der Waals surface area contributed by atoms with Gasteiger partial charge >= 0.3 is 0 Å². The van der Waals surface area contributed by atoms with Crippen LogP contribution in [0.25, 0.3) is 0 Å². The molecule has 26 heavy (non-hydrogen) atoms. The number of hydrogen-bond acceptors (Lipinski definition) is 4. The fourth-order valence-electron chi connectivity index (χ4n) is 3.61. The quantitative estimate of drug-likeness (QED) is 0.346. The number of halogens is 1. The summed E-state index contributed by atoms with van der Waals surface area (Å²) in [5.74, 6) is 0.965. The second-order valence-corrected chi connectivity index (χ2v) is 8.16. The Bertz CT molecular complexity index is 416. The van der Waals surface area contributed by atoms with E-state index in [1.165, 1.54) is 25.9 Å². The highest BCUT2D eigenvalue weighted by Gasteiger charge is 2.28. The molecule has 154 valence electrons. The average Bonchev–Trinajstić information content (AvgIpc) is 2.61. The Morgan fingerprint density at radius 3 is 2.31 bits per heavy atom. The molecular formula is C19H40IN5O. The molecule has 0 aliphatic carbocycles. The number of ether oxygens (including phenoxy) is 1. The molecule has 0 saturated carbocycles. The van der Waals surface area contributed by atoms with E-state index in [1.807, 2.05) is 0 Å². The molecule has 2 rings (SSSR count). The molecule has 0 aromatic heterocycles. The van der Waals surface area contributed by atoms with Crippen LogP contribution in [0.5, 0.6) is 0 Å². The van der Waals surface area contributed by atoms with Gasteiger partial charge in [0, 0.05) is 50.3 Å². The van der Waals surface area contributed by atoms with Crippen molar-refractivity contribution >= 4 is 29.9 Å². The van der Waals surface area contributed by atoms with Crippen LogP contribution >= 0.6 is 24.0 Å². The molecule has 0 spiro atoms. The van der Waals surface area contributed by atoms with Gasteiger partial charge < -0.3 is 20.3 Å². The van der Waals surface area contributed by atoms with Crippen LogP contribution in [0.2, 0.25) is 0 Å². The zero-order valence-electron chi connectivity index (χ0n) is 17.4. The maximum Gasteiger partial charge on any atom is 0.191 e. The van der Waals surface area contributed by atoms with Crippen molar-refractivity contribution < 1.29 is 4.74 Å². The highest BCUT2D eigenvalue weighted by Crippen LogP contribution is 2.17. The Morgan fingerprint density at radius 2 is 1.77 bits per heavy atom. The summed E-state index contributed by atoms with van der Waals surface area (Å²) >= 11 is 0. The van der Waals surface area contributed by atoms with Crippen molar-refractivity contribution in [2.75, 3.05) is 52.5 Å². The molecule has 7 heteroatoms. The second-order valence-electron chi connectivity index (χ2n) is 8.16. The topological polar surface area (TPSA) is 52.1 Å². The zero-order chi connectivity index (χ0) is 18.3. The van der Waals surface area contributed by atoms with Crippen molar-refractivity contribution in [1.82, 2.24) is 20.4 Å². The van der Waals surface area contributed by atoms with Gasteiger partial charge in [0.25, 0.3) is 0 Å². The van der Waals surface area contributed by atoms with E-state index in [0.717, 1.165) is 45.4 Å². The van der Waals surface area contributed by atoms with Crippen molar-refractivity contribution in [1.29, 1.82) is 0 Å². The Labute approximate surface area is 177 Å². The number of nitrogens with zero attached hydrogens (tertiary/aromatic N) is 3. The van der Waals surface area contributed by atoms with Crippen LogP contribution < -0.4 is 10.6 Å². The number of hydrogen-bond donors (Lipinski definition) is 2. The number of aliphatic imine (C=N–C) groups is 1. The molecule has 2 fully saturated rings. The van der Waals surface area contributed by atoms with Gasteiger partial charge in [0.15, 0.2) is 5.96 Å². The van der Waals surface area contributed by atoms with E-state index in [2.05, 4.69) is 55.1 Å². The molecule has 0 bridgehead atoms. The molecule has 0 unspecified atom stereocenters. The van der Waals surface area contributed by atoms with Gasteiger partial charge in [-0.05, 0) is 47.5 Å². The van der Waals surface area contributed by atoms with Gasteiger partial charge in [0.2, 0.25) is 0 Å². The number of nitrogens with one attached hydrogen (secondary N) is 2. The third kappa shape index (κ3) is 7.48. The van der Waals surface area contributed by atoms with Gasteiger partial charge in [-0.2, -0.15) is 0 Å². The Balaban J connectivity index is 0.00000338. The first-order chi connectivity index (χ1) is 11.9. The van der Waals surface area contributed by atoms with Gasteiger partial charge in [0.05, 0.1) is 19.8 Å². The summed E-state index contributed by atoms with van der Waals surface area (Å²) in [5.41, 5.74) is 0.0626. The number of morpholine rings is 1. The third-order valence-corrected chi connectivity index (χ3v) is 5.44. The lowest BCUT2D eigenvalue weighted by molar-refractivity contribution is -0.00684. The van der Waals surface area contributed by atoms with Crippen LogP contribution in [0.15, 0.2) is 4.99 Å². The van der Waals surface area contributed by atoms with Gasteiger partial charge in [-0.15, -0.1) is 24.0 Å². The van der Waals surface area contributed by atoms with Crippen molar-refractivity contribution in [3.8, 4) is 0 Å². The molecule has 2 N–H and O–H groups in total. The lowest BCUT2D eigenvalue weighted by Crippen LogP contribution is -2.53.